The zero-order valence-corrected chi connectivity index (χ0v) is 14.9. The smallest absolute Gasteiger partial charge is 0.210 e. The molecule has 2 heterocycles. The first-order chi connectivity index (χ1) is 10.1. The van der Waals surface area contributed by atoms with Crippen LogP contribution in [-0.4, -0.2) is 19.3 Å². The van der Waals surface area contributed by atoms with Crippen LogP contribution in [0.2, 0.25) is 0 Å². The van der Waals surface area contributed by atoms with E-state index in [1.54, 1.807) is 6.21 Å². The van der Waals surface area contributed by atoms with Gasteiger partial charge in [0.25, 0.3) is 0 Å². The van der Waals surface area contributed by atoms with E-state index in [-0.39, 0.29) is 0 Å². The van der Waals surface area contributed by atoms with Gasteiger partial charge in [-0.1, -0.05) is 6.07 Å². The van der Waals surface area contributed by atoms with Crippen molar-refractivity contribution in [3.8, 4) is 0 Å². The number of hydrogen-bond acceptors (Lipinski definition) is 3. The lowest BCUT2D eigenvalue weighted by atomic mass is 10.2. The lowest BCUT2D eigenvalue weighted by Gasteiger charge is -2.13. The summed E-state index contributed by atoms with van der Waals surface area (Å²) in [7, 11) is 0. The average molecular weight is 412 g/mol. The van der Waals surface area contributed by atoms with E-state index in [9.17, 15) is 0 Å². The van der Waals surface area contributed by atoms with Crippen LogP contribution in [0.3, 0.4) is 0 Å². The summed E-state index contributed by atoms with van der Waals surface area (Å²) in [6, 6.07) is 8.07. The summed E-state index contributed by atoms with van der Waals surface area (Å²) in [6.45, 7) is 4.18. The van der Waals surface area contributed by atoms with Crippen LogP contribution in [0.25, 0.3) is 0 Å². The third-order valence-electron chi connectivity index (χ3n) is 3.52. The molecule has 21 heavy (non-hydrogen) atoms. The molecule has 0 spiro atoms. The van der Waals surface area contributed by atoms with Crippen LogP contribution in [0.1, 0.15) is 24.2 Å². The molecule has 2 aromatic rings. The number of nitrogens with zero attached hydrogens (tertiary/aromatic N) is 2. The number of aliphatic imine (C=N–C) groups is 1. The van der Waals surface area contributed by atoms with Gasteiger partial charge in [0.15, 0.2) is 0 Å². The molecule has 1 aliphatic heterocycles. The van der Waals surface area contributed by atoms with Crippen LogP contribution in [0.4, 0.5) is 11.6 Å². The van der Waals surface area contributed by atoms with Gasteiger partial charge in [-0.05, 0) is 69.3 Å². The summed E-state index contributed by atoms with van der Waals surface area (Å²) in [5, 5.41) is 0. The molecule has 1 saturated heterocycles. The van der Waals surface area contributed by atoms with Crippen LogP contribution in [-0.2, 0) is 0 Å². The molecule has 0 bridgehead atoms. The molecule has 0 N–H and O–H groups in total. The van der Waals surface area contributed by atoms with Crippen molar-refractivity contribution in [1.29, 1.82) is 0 Å². The largest absolute Gasteiger partial charge is 0.438 e. The van der Waals surface area contributed by atoms with Gasteiger partial charge in [0, 0.05) is 23.6 Å². The minimum atomic E-state index is 0.760. The fourth-order valence-electron chi connectivity index (χ4n) is 2.43. The van der Waals surface area contributed by atoms with Crippen molar-refractivity contribution in [2.24, 2.45) is 4.99 Å². The van der Waals surface area contributed by atoms with E-state index >= 15 is 0 Å². The highest BCUT2D eigenvalue weighted by Gasteiger charge is 2.19. The number of benzene rings is 1. The highest BCUT2D eigenvalue weighted by Crippen LogP contribution is 2.32. The molecule has 0 radical (unpaired) electrons. The Hall–Kier alpha value is -1.07. The fourth-order valence-corrected chi connectivity index (χ4v) is 3.58. The standard InChI is InChI=1S/C16H16Br2N2O/c1-11-4-5-15(13(17)8-11)19-10-12-9-14(18)16(21-12)20-6-2-3-7-20/h4-5,8-10H,2-3,6-7H2,1H3. The van der Waals surface area contributed by atoms with E-state index < -0.39 is 0 Å². The predicted molar refractivity (Wildman–Crippen MR) is 94.0 cm³/mol. The van der Waals surface area contributed by atoms with Gasteiger partial charge < -0.3 is 9.32 Å². The van der Waals surface area contributed by atoms with Gasteiger partial charge in [-0.25, -0.2) is 0 Å². The van der Waals surface area contributed by atoms with Crippen LogP contribution < -0.4 is 4.90 Å². The maximum atomic E-state index is 5.90. The molecule has 110 valence electrons. The molecule has 1 fully saturated rings. The first-order valence-corrected chi connectivity index (χ1v) is 8.56. The van der Waals surface area contributed by atoms with Crippen LogP contribution >= 0.6 is 31.9 Å². The van der Waals surface area contributed by atoms with Crippen molar-refractivity contribution in [2.75, 3.05) is 18.0 Å². The molecule has 1 aliphatic rings. The molecule has 0 aliphatic carbocycles. The molecular weight excluding hydrogens is 396 g/mol. The Morgan fingerprint density at radius 2 is 1.90 bits per heavy atom. The third-order valence-corrected chi connectivity index (χ3v) is 4.72. The summed E-state index contributed by atoms with van der Waals surface area (Å²) in [6.07, 6.45) is 4.22. The van der Waals surface area contributed by atoms with Crippen molar-refractivity contribution in [3.63, 3.8) is 0 Å². The third kappa shape index (κ3) is 3.40. The normalized spacial score (nSPS) is 15.3. The number of furan rings is 1. The maximum Gasteiger partial charge on any atom is 0.210 e. The second-order valence-electron chi connectivity index (χ2n) is 5.21. The molecule has 0 saturated carbocycles. The second-order valence-corrected chi connectivity index (χ2v) is 6.92. The molecule has 0 unspecified atom stereocenters. The Kier molecular flexibility index (Phi) is 4.50. The number of rotatable bonds is 3. The zero-order valence-electron chi connectivity index (χ0n) is 11.8. The van der Waals surface area contributed by atoms with Crippen molar-refractivity contribution in [2.45, 2.75) is 19.8 Å². The molecule has 5 heteroatoms. The maximum absolute atomic E-state index is 5.90. The Bertz CT molecular complexity index is 673. The summed E-state index contributed by atoms with van der Waals surface area (Å²) < 4.78 is 7.88. The van der Waals surface area contributed by atoms with Crippen LogP contribution in [0.5, 0.6) is 0 Å². The number of anilines is 1. The average Bonchev–Trinajstić information content (AvgIpc) is 3.07. The molecule has 3 rings (SSSR count). The Labute approximate surface area is 141 Å². The van der Waals surface area contributed by atoms with Crippen molar-refractivity contribution in [1.82, 2.24) is 0 Å². The second kappa shape index (κ2) is 6.36. The summed E-state index contributed by atoms with van der Waals surface area (Å²) >= 11 is 7.10. The highest BCUT2D eigenvalue weighted by atomic mass is 79.9. The van der Waals surface area contributed by atoms with Crippen LogP contribution in [0.15, 0.2) is 42.6 Å². The van der Waals surface area contributed by atoms with E-state index in [0.717, 1.165) is 39.4 Å². The van der Waals surface area contributed by atoms with Gasteiger partial charge in [0.1, 0.15) is 5.76 Å². The van der Waals surface area contributed by atoms with Gasteiger partial charge >= 0.3 is 0 Å². The molecule has 0 amide bonds. The molecule has 1 aromatic heterocycles. The molecule has 0 atom stereocenters. The van der Waals surface area contributed by atoms with Gasteiger partial charge in [-0.15, -0.1) is 0 Å². The van der Waals surface area contributed by atoms with Crippen molar-refractivity contribution < 1.29 is 4.42 Å². The summed E-state index contributed by atoms with van der Waals surface area (Å²) in [4.78, 5) is 6.76. The first kappa shape index (κ1) is 14.9. The molecule has 3 nitrogen and oxygen atoms in total. The first-order valence-electron chi connectivity index (χ1n) is 6.98. The quantitative estimate of drug-likeness (QED) is 0.627. The summed E-state index contributed by atoms with van der Waals surface area (Å²) in [5.74, 6) is 1.67. The Morgan fingerprint density at radius 3 is 2.62 bits per heavy atom. The number of hydrogen-bond donors (Lipinski definition) is 0. The van der Waals surface area contributed by atoms with Gasteiger partial charge in [-0.3, -0.25) is 4.99 Å². The van der Waals surface area contributed by atoms with Gasteiger partial charge in [0.2, 0.25) is 5.88 Å². The zero-order chi connectivity index (χ0) is 14.8. The minimum absolute atomic E-state index is 0.760. The predicted octanol–water partition coefficient (Wildman–Crippen LogP) is 5.46. The molecular formula is C16H16Br2N2O. The van der Waals surface area contributed by atoms with Crippen LogP contribution in [0, 0.1) is 6.92 Å². The van der Waals surface area contributed by atoms with E-state index in [1.165, 1.54) is 18.4 Å². The highest BCUT2D eigenvalue weighted by molar-refractivity contribution is 9.11. The van der Waals surface area contributed by atoms with E-state index in [4.69, 9.17) is 4.42 Å². The van der Waals surface area contributed by atoms with E-state index in [0.29, 0.717) is 0 Å². The fraction of sp³-hybridized carbons (Fsp3) is 0.312. The SMILES string of the molecule is Cc1ccc(N=Cc2cc(Br)c(N3CCCC3)o2)c(Br)c1. The van der Waals surface area contributed by atoms with E-state index in [1.807, 2.05) is 18.2 Å². The van der Waals surface area contributed by atoms with E-state index in [2.05, 4.69) is 54.7 Å². The number of aryl methyl sites for hydroxylation is 1. The van der Waals surface area contributed by atoms with Gasteiger partial charge in [-0.2, -0.15) is 0 Å². The Balaban J connectivity index is 1.81. The van der Waals surface area contributed by atoms with Crippen molar-refractivity contribution >= 4 is 49.6 Å². The molecule has 1 aromatic carbocycles. The minimum Gasteiger partial charge on any atom is -0.438 e. The Morgan fingerprint density at radius 1 is 1.14 bits per heavy atom. The monoisotopic (exact) mass is 410 g/mol. The van der Waals surface area contributed by atoms with Gasteiger partial charge in [0.05, 0.1) is 16.4 Å². The lowest BCUT2D eigenvalue weighted by molar-refractivity contribution is 0.549. The topological polar surface area (TPSA) is 28.7 Å². The number of halogens is 2. The lowest BCUT2D eigenvalue weighted by Crippen LogP contribution is -2.17. The van der Waals surface area contributed by atoms with Crippen molar-refractivity contribution in [3.05, 3.63) is 44.5 Å². The summed E-state index contributed by atoms with van der Waals surface area (Å²) in [5.41, 5.74) is 2.11.